The fourth-order valence-corrected chi connectivity index (χ4v) is 2.58. The zero-order valence-corrected chi connectivity index (χ0v) is 11.4. The maximum absolute atomic E-state index is 11.8. The average Bonchev–Trinajstić information content (AvgIpc) is 2.46. The summed E-state index contributed by atoms with van der Waals surface area (Å²) >= 11 is 5.97. The molecule has 1 aromatic heterocycles. The average molecular weight is 283 g/mol. The van der Waals surface area contributed by atoms with Crippen LogP contribution < -0.4 is 4.90 Å². The minimum absolute atomic E-state index is 0.293. The molecule has 2 heterocycles. The Kier molecular flexibility index (Phi) is 4.37. The Hall–Kier alpha value is -1.62. The number of nitrogens with zero attached hydrogens (tertiary/aromatic N) is 2. The quantitative estimate of drug-likeness (QED) is 0.627. The number of aldehydes is 1. The molecular formula is C13H15ClN2O3. The van der Waals surface area contributed by atoms with E-state index in [1.165, 1.54) is 13.3 Å². The summed E-state index contributed by atoms with van der Waals surface area (Å²) in [6, 6.07) is -0.377. The summed E-state index contributed by atoms with van der Waals surface area (Å²) < 4.78 is 4.82. The molecule has 0 saturated carbocycles. The van der Waals surface area contributed by atoms with E-state index in [1.807, 2.05) is 4.90 Å². The highest BCUT2D eigenvalue weighted by atomic mass is 35.5. The highest BCUT2D eigenvalue weighted by Gasteiger charge is 2.31. The molecule has 1 aromatic rings. The van der Waals surface area contributed by atoms with Gasteiger partial charge in [0.1, 0.15) is 6.04 Å². The van der Waals surface area contributed by atoms with Crippen LogP contribution in [0.15, 0.2) is 12.4 Å². The normalized spacial score (nSPS) is 19.1. The van der Waals surface area contributed by atoms with Crippen molar-refractivity contribution in [1.82, 2.24) is 4.98 Å². The van der Waals surface area contributed by atoms with Gasteiger partial charge in [-0.25, -0.2) is 4.79 Å². The van der Waals surface area contributed by atoms with Gasteiger partial charge in [-0.15, -0.1) is 0 Å². The van der Waals surface area contributed by atoms with Crippen molar-refractivity contribution in [2.24, 2.45) is 0 Å². The Morgan fingerprint density at radius 1 is 1.53 bits per heavy atom. The van der Waals surface area contributed by atoms with Gasteiger partial charge in [-0.3, -0.25) is 9.78 Å². The van der Waals surface area contributed by atoms with Gasteiger partial charge in [0, 0.05) is 12.7 Å². The predicted octanol–water partition coefficient (Wildman–Crippen LogP) is 2.08. The van der Waals surface area contributed by atoms with Crippen LogP contribution in [0, 0.1) is 0 Å². The maximum atomic E-state index is 11.8. The topological polar surface area (TPSA) is 59.5 Å². The van der Waals surface area contributed by atoms with Gasteiger partial charge in [0.05, 0.1) is 29.6 Å². The molecule has 1 aliphatic rings. The second kappa shape index (κ2) is 6.02. The Balaban J connectivity index is 2.40. The van der Waals surface area contributed by atoms with E-state index >= 15 is 0 Å². The zero-order valence-electron chi connectivity index (χ0n) is 10.6. The molecule has 0 amide bonds. The van der Waals surface area contributed by atoms with Crippen molar-refractivity contribution in [1.29, 1.82) is 0 Å². The van der Waals surface area contributed by atoms with E-state index in [-0.39, 0.29) is 12.0 Å². The van der Waals surface area contributed by atoms with E-state index in [9.17, 15) is 9.59 Å². The fraction of sp³-hybridized carbons (Fsp3) is 0.462. The summed E-state index contributed by atoms with van der Waals surface area (Å²) in [6.07, 6.45) is 6.31. The van der Waals surface area contributed by atoms with Crippen LogP contribution in [-0.2, 0) is 9.53 Å². The van der Waals surface area contributed by atoms with Crippen molar-refractivity contribution in [2.45, 2.75) is 25.3 Å². The first kappa shape index (κ1) is 13.8. The van der Waals surface area contributed by atoms with Crippen molar-refractivity contribution in [3.63, 3.8) is 0 Å². The van der Waals surface area contributed by atoms with Crippen molar-refractivity contribution >= 4 is 29.5 Å². The molecule has 19 heavy (non-hydrogen) atoms. The number of aromatic nitrogens is 1. The van der Waals surface area contributed by atoms with Gasteiger partial charge in [-0.05, 0) is 19.3 Å². The van der Waals surface area contributed by atoms with E-state index in [4.69, 9.17) is 16.3 Å². The van der Waals surface area contributed by atoms with E-state index in [2.05, 4.69) is 4.98 Å². The summed E-state index contributed by atoms with van der Waals surface area (Å²) in [7, 11) is 1.37. The Labute approximate surface area is 116 Å². The fourth-order valence-electron chi connectivity index (χ4n) is 2.38. The van der Waals surface area contributed by atoms with Gasteiger partial charge in [0.25, 0.3) is 0 Å². The first-order valence-electron chi connectivity index (χ1n) is 6.12. The Morgan fingerprint density at radius 2 is 2.32 bits per heavy atom. The number of methoxy groups -OCH3 is 1. The molecule has 5 nitrogen and oxygen atoms in total. The van der Waals surface area contributed by atoms with Crippen LogP contribution in [0.4, 0.5) is 5.69 Å². The van der Waals surface area contributed by atoms with Crippen LogP contribution in [0.5, 0.6) is 0 Å². The van der Waals surface area contributed by atoms with Gasteiger partial charge >= 0.3 is 5.97 Å². The number of piperidine rings is 1. The highest BCUT2D eigenvalue weighted by molar-refractivity contribution is 6.33. The first-order valence-corrected chi connectivity index (χ1v) is 6.50. The van der Waals surface area contributed by atoms with Gasteiger partial charge < -0.3 is 9.64 Å². The summed E-state index contributed by atoms with van der Waals surface area (Å²) in [5.74, 6) is -0.295. The van der Waals surface area contributed by atoms with Gasteiger partial charge in [0.2, 0.25) is 0 Å². The molecule has 0 radical (unpaired) electrons. The first-order chi connectivity index (χ1) is 9.19. The zero-order chi connectivity index (χ0) is 13.8. The number of carbonyl (C=O) groups is 2. The van der Waals surface area contributed by atoms with Crippen LogP contribution in [0.25, 0.3) is 0 Å². The van der Waals surface area contributed by atoms with Crippen molar-refractivity contribution in [2.75, 3.05) is 18.6 Å². The molecule has 1 saturated heterocycles. The Bertz CT molecular complexity index is 493. The van der Waals surface area contributed by atoms with Crippen LogP contribution in [0.3, 0.4) is 0 Å². The number of hydrogen-bond acceptors (Lipinski definition) is 5. The summed E-state index contributed by atoms with van der Waals surface area (Å²) in [5, 5.41) is 0.293. The molecule has 1 fully saturated rings. The molecule has 1 atom stereocenters. The molecule has 1 aliphatic heterocycles. The standard InChI is InChI=1S/C13H15ClN2O3/c1-19-13(18)11-4-2-3-5-16(11)12-7-15-6-10(14)9(12)8-17/h6-8,11H,2-5H2,1H3. The van der Waals surface area contributed by atoms with E-state index in [1.54, 1.807) is 6.20 Å². The van der Waals surface area contributed by atoms with Gasteiger partial charge in [-0.2, -0.15) is 0 Å². The van der Waals surface area contributed by atoms with Gasteiger partial charge in [0.15, 0.2) is 6.29 Å². The number of esters is 1. The molecule has 102 valence electrons. The SMILES string of the molecule is COC(=O)C1CCCCN1c1cncc(Cl)c1C=O. The highest BCUT2D eigenvalue weighted by Crippen LogP contribution is 2.30. The third-order valence-electron chi connectivity index (χ3n) is 3.32. The lowest BCUT2D eigenvalue weighted by Crippen LogP contribution is -2.45. The van der Waals surface area contributed by atoms with Crippen LogP contribution in [0.2, 0.25) is 5.02 Å². The molecular weight excluding hydrogens is 268 g/mol. The van der Waals surface area contributed by atoms with Crippen LogP contribution >= 0.6 is 11.6 Å². The predicted molar refractivity (Wildman–Crippen MR) is 71.6 cm³/mol. The molecule has 6 heteroatoms. The molecule has 0 spiro atoms. The lowest BCUT2D eigenvalue weighted by molar-refractivity contribution is -0.142. The molecule has 0 aromatic carbocycles. The molecule has 0 aliphatic carbocycles. The van der Waals surface area contributed by atoms with E-state index < -0.39 is 0 Å². The second-order valence-corrected chi connectivity index (χ2v) is 4.81. The number of halogens is 1. The third kappa shape index (κ3) is 2.71. The largest absolute Gasteiger partial charge is 0.467 e. The minimum Gasteiger partial charge on any atom is -0.467 e. The number of carbonyl (C=O) groups excluding carboxylic acids is 2. The summed E-state index contributed by atoms with van der Waals surface area (Å²) in [4.78, 5) is 28.9. The minimum atomic E-state index is -0.377. The van der Waals surface area contributed by atoms with Crippen molar-refractivity contribution < 1.29 is 14.3 Å². The van der Waals surface area contributed by atoms with Crippen molar-refractivity contribution in [3.05, 3.63) is 23.0 Å². The third-order valence-corrected chi connectivity index (χ3v) is 3.62. The summed E-state index contributed by atoms with van der Waals surface area (Å²) in [5.41, 5.74) is 0.963. The lowest BCUT2D eigenvalue weighted by Gasteiger charge is -2.36. The maximum Gasteiger partial charge on any atom is 0.328 e. The van der Waals surface area contributed by atoms with Gasteiger partial charge in [-0.1, -0.05) is 11.6 Å². The number of hydrogen-bond donors (Lipinski definition) is 0. The van der Waals surface area contributed by atoms with Crippen LogP contribution in [-0.4, -0.2) is 36.9 Å². The van der Waals surface area contributed by atoms with E-state index in [0.717, 1.165) is 12.8 Å². The second-order valence-electron chi connectivity index (χ2n) is 4.40. The molecule has 0 bridgehead atoms. The lowest BCUT2D eigenvalue weighted by atomic mass is 10.0. The molecule has 0 N–H and O–H groups in total. The number of anilines is 1. The van der Waals surface area contributed by atoms with Crippen LogP contribution in [0.1, 0.15) is 29.6 Å². The van der Waals surface area contributed by atoms with E-state index in [0.29, 0.717) is 35.5 Å². The molecule has 1 unspecified atom stereocenters. The number of rotatable bonds is 3. The monoisotopic (exact) mass is 282 g/mol. The van der Waals surface area contributed by atoms with Crippen molar-refractivity contribution in [3.8, 4) is 0 Å². The number of pyridine rings is 1. The number of ether oxygens (including phenoxy) is 1. The summed E-state index contributed by atoms with van der Waals surface area (Å²) in [6.45, 7) is 0.683. The Morgan fingerprint density at radius 3 is 3.00 bits per heavy atom. The molecule has 2 rings (SSSR count). The smallest absolute Gasteiger partial charge is 0.328 e.